The van der Waals surface area contributed by atoms with Crippen molar-refractivity contribution < 1.29 is 37.8 Å². The highest BCUT2D eigenvalue weighted by Crippen LogP contribution is 2.33. The summed E-state index contributed by atoms with van der Waals surface area (Å²) >= 11 is 0. The van der Waals surface area contributed by atoms with Crippen LogP contribution in [-0.2, 0) is 29.9 Å². The standard InChI is InChI=1S/C16H15NO5S.C9H9NO3/c1-9-3-5-11(6-4-9)23(21,22)17-12-7-8-13(18)14(12)10(2)15(17)16(19)20;1-10-6-2-3-8(11)5(6)4-7(10)9(12)13/h3-6H,7-8H2,1-2H3,(H,19,20);4H,2-3H2,1H3,(H,12,13). The first kappa shape index (κ1) is 25.1. The van der Waals surface area contributed by atoms with Gasteiger partial charge in [0.1, 0.15) is 11.4 Å². The molecule has 0 saturated heterocycles. The molecular formula is C25H24N2O8S. The van der Waals surface area contributed by atoms with E-state index in [1.807, 2.05) is 6.92 Å². The smallest absolute Gasteiger partial charge is 0.353 e. The molecule has 0 fully saturated rings. The highest BCUT2D eigenvalue weighted by atomic mass is 32.2. The lowest BCUT2D eigenvalue weighted by atomic mass is 10.1. The highest BCUT2D eigenvalue weighted by Gasteiger charge is 2.37. The van der Waals surface area contributed by atoms with Gasteiger partial charge in [0.15, 0.2) is 11.6 Å². The Morgan fingerprint density at radius 3 is 2.00 bits per heavy atom. The van der Waals surface area contributed by atoms with Crippen molar-refractivity contribution in [2.75, 3.05) is 0 Å². The number of aromatic carboxylic acids is 2. The first-order chi connectivity index (χ1) is 16.9. The zero-order valence-electron chi connectivity index (χ0n) is 19.9. The first-order valence-electron chi connectivity index (χ1n) is 11.1. The van der Waals surface area contributed by atoms with Gasteiger partial charge in [-0.2, -0.15) is 0 Å². The summed E-state index contributed by atoms with van der Waals surface area (Å²) in [5, 5.41) is 18.2. The predicted octanol–water partition coefficient (Wildman–Crippen LogP) is 3.02. The Bertz CT molecular complexity index is 1560. The molecule has 2 aliphatic rings. The second kappa shape index (κ2) is 8.90. The van der Waals surface area contributed by atoms with Crippen molar-refractivity contribution in [3.05, 3.63) is 75.4 Å². The van der Waals surface area contributed by atoms with Crippen molar-refractivity contribution in [3.8, 4) is 0 Å². The summed E-state index contributed by atoms with van der Waals surface area (Å²) in [7, 11) is -2.39. The van der Waals surface area contributed by atoms with Crippen molar-refractivity contribution in [1.82, 2.24) is 8.54 Å². The number of carbonyl (C=O) groups is 4. The van der Waals surface area contributed by atoms with E-state index < -0.39 is 22.0 Å². The fraction of sp³-hybridized carbons (Fsp3) is 0.280. The van der Waals surface area contributed by atoms with Gasteiger partial charge < -0.3 is 14.8 Å². The SMILES string of the molecule is Cc1ccc(S(=O)(=O)n2c3c(c(C)c2C(=O)O)C(=O)CC3)cc1.Cn1c(C(=O)O)cc2c1CCC2=O. The van der Waals surface area contributed by atoms with E-state index in [-0.39, 0.29) is 57.5 Å². The Morgan fingerprint density at radius 1 is 0.861 bits per heavy atom. The van der Waals surface area contributed by atoms with Crippen LogP contribution in [0.3, 0.4) is 0 Å². The Morgan fingerprint density at radius 2 is 1.44 bits per heavy atom. The number of fused-ring (bicyclic) bond motifs is 2. The molecule has 0 radical (unpaired) electrons. The van der Waals surface area contributed by atoms with E-state index in [4.69, 9.17) is 5.11 Å². The molecule has 0 bridgehead atoms. The molecule has 0 amide bonds. The van der Waals surface area contributed by atoms with Gasteiger partial charge in [0, 0.05) is 42.4 Å². The molecule has 1 aromatic carbocycles. The maximum absolute atomic E-state index is 12.9. The van der Waals surface area contributed by atoms with Crippen molar-refractivity contribution in [3.63, 3.8) is 0 Å². The van der Waals surface area contributed by atoms with Crippen LogP contribution >= 0.6 is 0 Å². The molecular weight excluding hydrogens is 488 g/mol. The third-order valence-electron chi connectivity index (χ3n) is 6.56. The van der Waals surface area contributed by atoms with Gasteiger partial charge in [-0.15, -0.1) is 0 Å². The van der Waals surface area contributed by atoms with E-state index in [0.717, 1.165) is 15.2 Å². The lowest BCUT2D eigenvalue weighted by Gasteiger charge is -2.12. The number of rotatable bonds is 4. The van der Waals surface area contributed by atoms with Gasteiger partial charge >= 0.3 is 11.9 Å². The molecule has 2 N–H and O–H groups in total. The van der Waals surface area contributed by atoms with Crippen LogP contribution in [0, 0.1) is 13.8 Å². The third kappa shape index (κ3) is 3.95. The molecule has 2 heterocycles. The van der Waals surface area contributed by atoms with Crippen LogP contribution in [0.4, 0.5) is 0 Å². The Kier molecular flexibility index (Phi) is 6.21. The van der Waals surface area contributed by atoms with Crippen molar-refractivity contribution in [2.24, 2.45) is 7.05 Å². The fourth-order valence-corrected chi connectivity index (χ4v) is 6.38. The Balaban J connectivity index is 0.000000197. The summed E-state index contributed by atoms with van der Waals surface area (Å²) in [4.78, 5) is 45.5. The molecule has 0 spiro atoms. The molecule has 0 saturated carbocycles. The number of benzene rings is 1. The van der Waals surface area contributed by atoms with Crippen molar-refractivity contribution in [2.45, 2.75) is 44.4 Å². The van der Waals surface area contributed by atoms with E-state index in [1.165, 1.54) is 25.1 Å². The van der Waals surface area contributed by atoms with Crippen LogP contribution in [-0.4, -0.2) is 50.7 Å². The largest absolute Gasteiger partial charge is 0.477 e. The average Bonchev–Trinajstić information content (AvgIpc) is 3.53. The zero-order chi connectivity index (χ0) is 26.5. The number of Topliss-reactive ketones (excluding diaryl/α,β-unsaturated/α-hetero) is 2. The fourth-order valence-electron chi connectivity index (χ4n) is 4.76. The summed E-state index contributed by atoms with van der Waals surface area (Å²) in [6.07, 6.45) is 1.61. The van der Waals surface area contributed by atoms with E-state index in [2.05, 4.69) is 0 Å². The lowest BCUT2D eigenvalue weighted by Crippen LogP contribution is -2.21. The molecule has 2 aliphatic carbocycles. The maximum atomic E-state index is 12.9. The van der Waals surface area contributed by atoms with Gasteiger partial charge in [0.05, 0.1) is 4.90 Å². The average molecular weight is 513 g/mol. The van der Waals surface area contributed by atoms with Crippen LogP contribution < -0.4 is 0 Å². The monoisotopic (exact) mass is 512 g/mol. The third-order valence-corrected chi connectivity index (χ3v) is 8.31. The minimum atomic E-state index is -4.08. The number of hydrogen-bond acceptors (Lipinski definition) is 6. The van der Waals surface area contributed by atoms with E-state index in [0.29, 0.717) is 18.4 Å². The summed E-state index contributed by atoms with van der Waals surface area (Å²) in [6.45, 7) is 3.31. The molecule has 5 rings (SSSR count). The quantitative estimate of drug-likeness (QED) is 0.541. The second-order valence-electron chi connectivity index (χ2n) is 8.78. The zero-order valence-corrected chi connectivity index (χ0v) is 20.7. The number of carbonyl (C=O) groups excluding carboxylic acids is 2. The summed E-state index contributed by atoms with van der Waals surface area (Å²) in [6, 6.07) is 7.64. The van der Waals surface area contributed by atoms with E-state index in [1.54, 1.807) is 23.7 Å². The van der Waals surface area contributed by atoms with Crippen LogP contribution in [0.15, 0.2) is 35.2 Å². The number of ketones is 2. The topological polar surface area (TPSA) is 153 Å². The molecule has 0 aliphatic heterocycles. The van der Waals surface area contributed by atoms with E-state index in [9.17, 15) is 32.7 Å². The molecule has 0 atom stereocenters. The molecule has 0 unspecified atom stereocenters. The van der Waals surface area contributed by atoms with Gasteiger partial charge in [-0.05, 0) is 50.5 Å². The molecule has 188 valence electrons. The number of nitrogens with zero attached hydrogens (tertiary/aromatic N) is 2. The number of aryl methyl sites for hydroxylation is 1. The molecule has 2 aromatic heterocycles. The number of hydrogen-bond donors (Lipinski definition) is 2. The number of carboxylic acid groups (broad SMARTS) is 2. The lowest BCUT2D eigenvalue weighted by molar-refractivity contribution is 0.0676. The summed E-state index contributed by atoms with van der Waals surface area (Å²) < 4.78 is 28.3. The Hall–Kier alpha value is -3.99. The van der Waals surface area contributed by atoms with Crippen LogP contribution in [0.5, 0.6) is 0 Å². The highest BCUT2D eigenvalue weighted by molar-refractivity contribution is 7.90. The van der Waals surface area contributed by atoms with Crippen LogP contribution in [0.25, 0.3) is 0 Å². The van der Waals surface area contributed by atoms with Crippen molar-refractivity contribution in [1.29, 1.82) is 0 Å². The van der Waals surface area contributed by atoms with Gasteiger partial charge in [0.25, 0.3) is 10.0 Å². The molecule has 11 heteroatoms. The van der Waals surface area contributed by atoms with Gasteiger partial charge in [0.2, 0.25) is 0 Å². The van der Waals surface area contributed by atoms with Crippen molar-refractivity contribution >= 4 is 33.5 Å². The van der Waals surface area contributed by atoms with Gasteiger partial charge in [-0.25, -0.2) is 22.0 Å². The molecule has 3 aromatic rings. The predicted molar refractivity (Wildman–Crippen MR) is 128 cm³/mol. The second-order valence-corrected chi connectivity index (χ2v) is 10.6. The summed E-state index contributed by atoms with van der Waals surface area (Å²) in [5.41, 5.74) is 2.88. The van der Waals surface area contributed by atoms with Crippen LogP contribution in [0.2, 0.25) is 0 Å². The van der Waals surface area contributed by atoms with E-state index >= 15 is 0 Å². The maximum Gasteiger partial charge on any atom is 0.353 e. The molecule has 36 heavy (non-hydrogen) atoms. The molecule has 10 nitrogen and oxygen atoms in total. The number of carboxylic acids is 2. The minimum Gasteiger partial charge on any atom is -0.477 e. The van der Waals surface area contributed by atoms with Gasteiger partial charge in [-0.3, -0.25) is 9.59 Å². The van der Waals surface area contributed by atoms with Gasteiger partial charge in [-0.1, -0.05) is 17.7 Å². The van der Waals surface area contributed by atoms with Crippen LogP contribution in [0.1, 0.15) is 77.0 Å². The summed E-state index contributed by atoms with van der Waals surface area (Å²) in [5.74, 6) is -2.50. The first-order valence-corrected chi connectivity index (χ1v) is 12.6. The normalized spacial score (nSPS) is 14.3. The minimum absolute atomic E-state index is 0.00255. The Labute approximate surface area is 206 Å². The number of aromatic nitrogens is 2.